The van der Waals surface area contributed by atoms with Crippen molar-refractivity contribution in [2.24, 2.45) is 5.92 Å². The van der Waals surface area contributed by atoms with Gasteiger partial charge in [0.15, 0.2) is 11.0 Å². The van der Waals surface area contributed by atoms with E-state index in [1.165, 1.54) is 11.3 Å². The Morgan fingerprint density at radius 2 is 2.00 bits per heavy atom. The van der Waals surface area contributed by atoms with Crippen LogP contribution in [-0.2, 0) is 11.3 Å². The Labute approximate surface area is 228 Å². The van der Waals surface area contributed by atoms with Gasteiger partial charge in [-0.2, -0.15) is 13.2 Å². The Morgan fingerprint density at radius 3 is 2.59 bits per heavy atom. The van der Waals surface area contributed by atoms with Gasteiger partial charge in [-0.05, 0) is 56.8 Å². The zero-order valence-corrected chi connectivity index (χ0v) is 22.4. The number of alkyl halides is 3. The van der Waals surface area contributed by atoms with Crippen molar-refractivity contribution in [3.63, 3.8) is 0 Å². The van der Waals surface area contributed by atoms with E-state index in [1.807, 2.05) is 13.0 Å². The highest BCUT2D eigenvalue weighted by molar-refractivity contribution is 7.16. The van der Waals surface area contributed by atoms with Crippen molar-refractivity contribution in [3.8, 4) is 0 Å². The van der Waals surface area contributed by atoms with Crippen LogP contribution in [0.15, 0.2) is 19.0 Å². The molecule has 2 aromatic rings. The number of anilines is 1. The number of nitrogens with one attached hydrogen (secondary N) is 2. The molecule has 2 saturated carbocycles. The highest BCUT2D eigenvalue weighted by Gasteiger charge is 2.43. The Balaban J connectivity index is 1.31. The monoisotopic (exact) mass is 569 g/mol. The first-order valence-corrected chi connectivity index (χ1v) is 13.7. The third-order valence-electron chi connectivity index (χ3n) is 7.13. The molecule has 0 radical (unpaired) electrons. The van der Waals surface area contributed by atoms with Crippen LogP contribution in [-0.4, -0.2) is 73.6 Å². The average Bonchev–Trinajstić information content (AvgIpc) is 3.46. The summed E-state index contributed by atoms with van der Waals surface area (Å²) in [6.45, 7) is 4.94. The molecule has 5 N–H and O–H groups in total. The second-order valence-electron chi connectivity index (χ2n) is 10.00. The summed E-state index contributed by atoms with van der Waals surface area (Å²) in [4.78, 5) is 14.0. The highest BCUT2D eigenvalue weighted by Crippen LogP contribution is 2.35. The number of rotatable bonds is 12. The Morgan fingerprint density at radius 1 is 1.28 bits per heavy atom. The molecule has 0 amide bonds. The number of ether oxygens (including phenoxy) is 1. The molecule has 214 valence electrons. The number of halogens is 3. The maximum atomic E-state index is 12.8. The van der Waals surface area contributed by atoms with Crippen molar-refractivity contribution in [2.75, 3.05) is 11.9 Å². The molecule has 2 aliphatic carbocycles. The molecule has 2 heterocycles. The molecule has 0 bridgehead atoms. The molecule has 0 aliphatic heterocycles. The molecular weight excluding hydrogens is 535 g/mol. The van der Waals surface area contributed by atoms with E-state index in [0.29, 0.717) is 29.5 Å². The number of hydrogen-bond donors (Lipinski definition) is 5. The zero-order chi connectivity index (χ0) is 28.2. The van der Waals surface area contributed by atoms with Gasteiger partial charge in [0.1, 0.15) is 18.9 Å². The Hall–Kier alpha value is -2.42. The van der Waals surface area contributed by atoms with Gasteiger partial charge >= 0.3 is 6.18 Å². The number of nitrogens with zero attached hydrogens (tertiary/aromatic N) is 3. The summed E-state index contributed by atoms with van der Waals surface area (Å²) in [6, 6.07) is -2.40. The standard InChI is InChI=1S/C26H34F3N5O4S/c1-3-18-21(7-14(2)16-10-30-23(31-11-16)13-38-20-6-4-5-19(20)36)39-25(33-18)34-24(37)15-8-17(9-15)32-22(12-35)26(27,28)29/h3,7,10-11,15,17,19-20,22,24,32,35-37H,1,4-6,8-9,12-13H2,2H3,(H,33,34)/b14-7+/t15?,17?,19-,20-,22-,24?/m0/s1. The minimum Gasteiger partial charge on any atom is -0.394 e. The summed E-state index contributed by atoms with van der Waals surface area (Å²) in [5.74, 6) is 0.290. The van der Waals surface area contributed by atoms with E-state index in [4.69, 9.17) is 9.84 Å². The van der Waals surface area contributed by atoms with Gasteiger partial charge in [0, 0.05) is 29.9 Å². The summed E-state index contributed by atoms with van der Waals surface area (Å²) in [7, 11) is 0. The Kier molecular flexibility index (Phi) is 9.73. The quantitative estimate of drug-likeness (QED) is 0.243. The summed E-state index contributed by atoms with van der Waals surface area (Å²) in [5, 5.41) is 35.2. The first-order chi connectivity index (χ1) is 18.6. The van der Waals surface area contributed by atoms with E-state index in [9.17, 15) is 23.4 Å². The van der Waals surface area contributed by atoms with Crippen molar-refractivity contribution in [3.05, 3.63) is 40.9 Å². The SMILES string of the molecule is C=Cc1nc(NC(O)C2CC(N[C@@H](CO)C(F)(F)F)C2)sc1/C=C(\C)c1cnc(CO[C@H]2CCC[C@@H]2O)nc1. The van der Waals surface area contributed by atoms with Gasteiger partial charge in [-0.1, -0.05) is 17.9 Å². The lowest BCUT2D eigenvalue weighted by Crippen LogP contribution is -2.55. The predicted octanol–water partition coefficient (Wildman–Crippen LogP) is 3.59. The fourth-order valence-electron chi connectivity index (χ4n) is 4.69. The third-order valence-corrected chi connectivity index (χ3v) is 8.08. The number of aliphatic hydroxyl groups excluding tert-OH is 3. The number of aliphatic hydroxyl groups is 3. The molecule has 0 aromatic carbocycles. The number of aromatic nitrogens is 3. The van der Waals surface area contributed by atoms with Crippen molar-refractivity contribution in [1.29, 1.82) is 0 Å². The average molecular weight is 570 g/mol. The summed E-state index contributed by atoms with van der Waals surface area (Å²) in [5.41, 5.74) is 2.33. The molecule has 1 unspecified atom stereocenters. The van der Waals surface area contributed by atoms with Crippen LogP contribution < -0.4 is 10.6 Å². The lowest BCUT2D eigenvalue weighted by Gasteiger charge is -2.40. The van der Waals surface area contributed by atoms with Gasteiger partial charge in [0.05, 0.1) is 29.4 Å². The van der Waals surface area contributed by atoms with Crippen LogP contribution >= 0.6 is 11.3 Å². The van der Waals surface area contributed by atoms with Crippen molar-refractivity contribution in [2.45, 2.75) is 82.3 Å². The molecule has 0 spiro atoms. The first kappa shape index (κ1) is 29.6. The van der Waals surface area contributed by atoms with E-state index in [2.05, 4.69) is 32.2 Å². The topological polar surface area (TPSA) is 133 Å². The largest absolute Gasteiger partial charge is 0.406 e. The lowest BCUT2D eigenvalue weighted by atomic mass is 9.78. The summed E-state index contributed by atoms with van der Waals surface area (Å²) >= 11 is 1.32. The van der Waals surface area contributed by atoms with Gasteiger partial charge in [-0.25, -0.2) is 15.0 Å². The van der Waals surface area contributed by atoms with Gasteiger partial charge < -0.3 is 30.7 Å². The molecule has 39 heavy (non-hydrogen) atoms. The molecular formula is C26H34F3N5O4S. The zero-order valence-electron chi connectivity index (χ0n) is 21.6. The van der Waals surface area contributed by atoms with Crippen LogP contribution in [0.2, 0.25) is 0 Å². The molecule has 4 rings (SSSR count). The normalized spacial score (nSPS) is 25.3. The van der Waals surface area contributed by atoms with Crippen molar-refractivity contribution < 1.29 is 33.2 Å². The Bertz CT molecular complexity index is 1140. The highest BCUT2D eigenvalue weighted by atomic mass is 32.1. The molecule has 13 heteroatoms. The van der Waals surface area contributed by atoms with Gasteiger partial charge in [-0.3, -0.25) is 0 Å². The van der Waals surface area contributed by atoms with E-state index < -0.39 is 37.2 Å². The molecule has 0 saturated heterocycles. The van der Waals surface area contributed by atoms with Crippen LogP contribution in [0.25, 0.3) is 17.7 Å². The number of hydrogen-bond acceptors (Lipinski definition) is 10. The second-order valence-corrected chi connectivity index (χ2v) is 11.0. The second kappa shape index (κ2) is 12.8. The van der Waals surface area contributed by atoms with Gasteiger partial charge in [-0.15, -0.1) is 0 Å². The molecule has 2 aromatic heterocycles. The molecule has 2 aliphatic rings. The minimum absolute atomic E-state index is 0.171. The summed E-state index contributed by atoms with van der Waals surface area (Å²) in [6.07, 6.45) is 4.07. The van der Waals surface area contributed by atoms with Crippen LogP contribution in [0, 0.1) is 5.92 Å². The molecule has 4 atom stereocenters. The van der Waals surface area contributed by atoms with Crippen LogP contribution in [0.3, 0.4) is 0 Å². The number of thiazole rings is 1. The van der Waals surface area contributed by atoms with E-state index >= 15 is 0 Å². The van der Waals surface area contributed by atoms with Gasteiger partial charge in [0.25, 0.3) is 0 Å². The fourth-order valence-corrected chi connectivity index (χ4v) is 5.69. The van der Waals surface area contributed by atoms with Gasteiger partial charge in [0.2, 0.25) is 0 Å². The van der Waals surface area contributed by atoms with Crippen molar-refractivity contribution in [1.82, 2.24) is 20.3 Å². The molecule has 9 nitrogen and oxygen atoms in total. The maximum absolute atomic E-state index is 12.8. The smallest absolute Gasteiger partial charge is 0.394 e. The fraction of sp³-hybridized carbons (Fsp3) is 0.577. The first-order valence-electron chi connectivity index (χ1n) is 12.9. The van der Waals surface area contributed by atoms with E-state index in [0.717, 1.165) is 35.3 Å². The van der Waals surface area contributed by atoms with Crippen LogP contribution in [0.1, 0.15) is 61.0 Å². The summed E-state index contributed by atoms with van der Waals surface area (Å²) < 4.78 is 44.3. The minimum atomic E-state index is -4.52. The lowest BCUT2D eigenvalue weighted by molar-refractivity contribution is -0.168. The van der Waals surface area contributed by atoms with Crippen LogP contribution in [0.5, 0.6) is 0 Å². The van der Waals surface area contributed by atoms with Crippen molar-refractivity contribution >= 4 is 34.2 Å². The third kappa shape index (κ3) is 7.62. The van der Waals surface area contributed by atoms with Crippen LogP contribution in [0.4, 0.5) is 18.3 Å². The van der Waals surface area contributed by atoms with E-state index in [1.54, 1.807) is 18.5 Å². The van der Waals surface area contributed by atoms with E-state index in [-0.39, 0.29) is 18.6 Å². The maximum Gasteiger partial charge on any atom is 0.406 e. The number of allylic oxidation sites excluding steroid dienone is 1. The predicted molar refractivity (Wildman–Crippen MR) is 142 cm³/mol. The molecule has 2 fully saturated rings.